The van der Waals surface area contributed by atoms with E-state index in [1.54, 1.807) is 25.5 Å². The van der Waals surface area contributed by atoms with Gasteiger partial charge in [0.25, 0.3) is 5.91 Å². The van der Waals surface area contributed by atoms with Gasteiger partial charge in [-0.15, -0.1) is 0 Å². The quantitative estimate of drug-likeness (QED) is 0.721. The molecule has 0 radical (unpaired) electrons. The highest BCUT2D eigenvalue weighted by molar-refractivity contribution is 5.93. The van der Waals surface area contributed by atoms with Gasteiger partial charge in [-0.05, 0) is 73.1 Å². The van der Waals surface area contributed by atoms with E-state index < -0.39 is 0 Å². The molecule has 1 aliphatic carbocycles. The number of amides is 1. The fourth-order valence-corrected chi connectivity index (χ4v) is 4.34. The van der Waals surface area contributed by atoms with Crippen molar-refractivity contribution in [2.24, 2.45) is 5.41 Å². The molecule has 2 aliphatic rings. The normalized spacial score (nSPS) is 16.7. The van der Waals surface area contributed by atoms with Crippen molar-refractivity contribution in [1.29, 1.82) is 0 Å². The highest BCUT2D eigenvalue weighted by atomic mass is 16.1. The molecule has 6 nitrogen and oxygen atoms in total. The number of aryl methyl sites for hydroxylation is 1. The van der Waals surface area contributed by atoms with Gasteiger partial charge in [-0.1, -0.05) is 6.07 Å². The van der Waals surface area contributed by atoms with Gasteiger partial charge in [-0.25, -0.2) is 0 Å². The molecule has 0 atom stereocenters. The third kappa shape index (κ3) is 3.43. The maximum absolute atomic E-state index is 11.9. The lowest BCUT2D eigenvalue weighted by Gasteiger charge is -2.20. The van der Waals surface area contributed by atoms with Gasteiger partial charge in [0.1, 0.15) is 5.69 Å². The maximum Gasteiger partial charge on any atom is 0.269 e. The van der Waals surface area contributed by atoms with E-state index >= 15 is 0 Å². The molecule has 3 heterocycles. The molecule has 1 amide bonds. The molecule has 3 aromatic rings. The van der Waals surface area contributed by atoms with Crippen molar-refractivity contribution in [3.8, 4) is 22.4 Å². The molecule has 152 valence electrons. The van der Waals surface area contributed by atoms with E-state index in [1.807, 2.05) is 12.1 Å². The first-order valence-corrected chi connectivity index (χ1v) is 10.4. The number of hydrogen-bond acceptors (Lipinski definition) is 5. The Bertz CT molecular complexity index is 1120. The highest BCUT2D eigenvalue weighted by Crippen LogP contribution is 2.53. The molecule has 1 saturated carbocycles. The van der Waals surface area contributed by atoms with Crippen LogP contribution in [0.1, 0.15) is 35.3 Å². The third-order valence-corrected chi connectivity index (χ3v) is 6.47. The van der Waals surface area contributed by atoms with Gasteiger partial charge in [-0.3, -0.25) is 9.78 Å². The zero-order valence-electron chi connectivity index (χ0n) is 17.4. The van der Waals surface area contributed by atoms with Crippen LogP contribution < -0.4 is 10.2 Å². The van der Waals surface area contributed by atoms with Gasteiger partial charge in [0, 0.05) is 43.1 Å². The summed E-state index contributed by atoms with van der Waals surface area (Å²) in [5, 5.41) is 11.3. The van der Waals surface area contributed by atoms with E-state index in [0.717, 1.165) is 28.9 Å². The second-order valence-electron chi connectivity index (χ2n) is 8.51. The predicted octanol–water partition coefficient (Wildman–Crippen LogP) is 3.86. The maximum atomic E-state index is 11.9. The summed E-state index contributed by atoms with van der Waals surface area (Å²) in [6, 6.07) is 12.3. The molecule has 2 aromatic heterocycles. The number of anilines is 1. The number of hydrogen-bond donors (Lipinski definition) is 1. The SMILES string of the molecule is CNC(=O)c1cc(-c2cnnc(-c3cc(N4CCC5(CC5)C4)ccc3C)c2)ccn1. The summed E-state index contributed by atoms with van der Waals surface area (Å²) in [5.41, 5.74) is 7.15. The molecular weight excluding hydrogens is 374 g/mol. The monoisotopic (exact) mass is 399 g/mol. The minimum absolute atomic E-state index is 0.207. The second-order valence-corrected chi connectivity index (χ2v) is 8.51. The van der Waals surface area contributed by atoms with Crippen LogP contribution in [0.15, 0.2) is 48.8 Å². The molecule has 0 bridgehead atoms. The Balaban J connectivity index is 1.48. The zero-order valence-corrected chi connectivity index (χ0v) is 17.4. The number of nitrogens with one attached hydrogen (secondary N) is 1. The predicted molar refractivity (Wildman–Crippen MR) is 117 cm³/mol. The highest BCUT2D eigenvalue weighted by Gasteiger charge is 2.47. The van der Waals surface area contributed by atoms with Crippen molar-refractivity contribution >= 4 is 11.6 Å². The minimum Gasteiger partial charge on any atom is -0.371 e. The van der Waals surface area contributed by atoms with Crippen molar-refractivity contribution in [1.82, 2.24) is 20.5 Å². The average Bonchev–Trinajstić information content (AvgIpc) is 3.42. The van der Waals surface area contributed by atoms with Gasteiger partial charge >= 0.3 is 0 Å². The van der Waals surface area contributed by atoms with E-state index in [9.17, 15) is 4.79 Å². The molecule has 30 heavy (non-hydrogen) atoms. The molecule has 1 aliphatic heterocycles. The van der Waals surface area contributed by atoms with Gasteiger partial charge in [0.15, 0.2) is 0 Å². The first-order valence-electron chi connectivity index (χ1n) is 10.4. The van der Waals surface area contributed by atoms with E-state index in [4.69, 9.17) is 0 Å². The summed E-state index contributed by atoms with van der Waals surface area (Å²) >= 11 is 0. The molecule has 1 aromatic carbocycles. The fraction of sp³-hybridized carbons (Fsp3) is 0.333. The number of rotatable bonds is 4. The summed E-state index contributed by atoms with van der Waals surface area (Å²) in [5.74, 6) is -0.207. The van der Waals surface area contributed by atoms with E-state index in [0.29, 0.717) is 11.1 Å². The first-order chi connectivity index (χ1) is 14.6. The number of carbonyl (C=O) groups excluding carboxylic acids is 1. The van der Waals surface area contributed by atoms with Gasteiger partial charge in [-0.2, -0.15) is 10.2 Å². The van der Waals surface area contributed by atoms with Crippen molar-refractivity contribution in [3.63, 3.8) is 0 Å². The second kappa shape index (κ2) is 7.20. The first kappa shape index (κ1) is 18.7. The summed E-state index contributed by atoms with van der Waals surface area (Å²) in [4.78, 5) is 18.6. The summed E-state index contributed by atoms with van der Waals surface area (Å²) in [6.07, 6.45) is 7.43. The van der Waals surface area contributed by atoms with E-state index in [-0.39, 0.29) is 5.91 Å². The Kier molecular flexibility index (Phi) is 4.50. The zero-order chi connectivity index (χ0) is 20.7. The summed E-state index contributed by atoms with van der Waals surface area (Å²) in [6.45, 7) is 4.41. The van der Waals surface area contributed by atoms with Crippen LogP contribution in [0, 0.1) is 12.3 Å². The van der Waals surface area contributed by atoms with Gasteiger partial charge < -0.3 is 10.2 Å². The average molecular weight is 399 g/mol. The standard InChI is InChI=1S/C24H25N5O/c1-16-3-4-19(29-10-8-24(15-29)6-7-24)13-20(16)21-12-18(14-27-28-21)17-5-9-26-22(11-17)23(30)25-2/h3-5,9,11-14H,6-8,10,15H2,1-2H3,(H,25,30). The molecule has 2 fully saturated rings. The topological polar surface area (TPSA) is 71.0 Å². The van der Waals surface area contributed by atoms with Crippen LogP contribution in [0.3, 0.4) is 0 Å². The minimum atomic E-state index is -0.207. The molecule has 5 rings (SSSR count). The molecule has 1 N–H and O–H groups in total. The molecule has 1 spiro atoms. The number of benzene rings is 1. The van der Waals surface area contributed by atoms with Crippen molar-refractivity contribution in [2.75, 3.05) is 25.0 Å². The Labute approximate surface area is 176 Å². The van der Waals surface area contributed by atoms with Gasteiger partial charge in [0.05, 0.1) is 11.9 Å². The van der Waals surface area contributed by atoms with Crippen LogP contribution in [0.4, 0.5) is 5.69 Å². The van der Waals surface area contributed by atoms with E-state index in [2.05, 4.69) is 50.5 Å². The van der Waals surface area contributed by atoms with Crippen LogP contribution in [0.25, 0.3) is 22.4 Å². The Morgan fingerprint density at radius 3 is 2.73 bits per heavy atom. The van der Waals surface area contributed by atoms with Crippen molar-refractivity contribution in [3.05, 3.63) is 60.0 Å². The van der Waals surface area contributed by atoms with Crippen LogP contribution in [0.5, 0.6) is 0 Å². The van der Waals surface area contributed by atoms with Crippen LogP contribution in [-0.2, 0) is 0 Å². The fourth-order valence-electron chi connectivity index (χ4n) is 4.34. The number of nitrogens with zero attached hydrogens (tertiary/aromatic N) is 4. The smallest absolute Gasteiger partial charge is 0.269 e. The molecule has 6 heteroatoms. The molecule has 1 saturated heterocycles. The largest absolute Gasteiger partial charge is 0.371 e. The van der Waals surface area contributed by atoms with Crippen LogP contribution >= 0.6 is 0 Å². The molecular formula is C24H25N5O. The van der Waals surface area contributed by atoms with Crippen molar-refractivity contribution < 1.29 is 4.79 Å². The number of pyridine rings is 1. The summed E-state index contributed by atoms with van der Waals surface area (Å²) < 4.78 is 0. The van der Waals surface area contributed by atoms with E-state index in [1.165, 1.54) is 37.1 Å². The lowest BCUT2D eigenvalue weighted by atomic mass is 10.0. The Morgan fingerprint density at radius 2 is 1.97 bits per heavy atom. The lowest BCUT2D eigenvalue weighted by molar-refractivity contribution is 0.0958. The third-order valence-electron chi connectivity index (χ3n) is 6.47. The van der Waals surface area contributed by atoms with Crippen LogP contribution in [0.2, 0.25) is 0 Å². The Morgan fingerprint density at radius 1 is 1.10 bits per heavy atom. The van der Waals surface area contributed by atoms with Gasteiger partial charge in [0.2, 0.25) is 0 Å². The molecule has 0 unspecified atom stereocenters. The van der Waals surface area contributed by atoms with Crippen LogP contribution in [-0.4, -0.2) is 41.2 Å². The van der Waals surface area contributed by atoms with Crippen molar-refractivity contribution in [2.45, 2.75) is 26.2 Å². The Hall–Kier alpha value is -3.28. The summed E-state index contributed by atoms with van der Waals surface area (Å²) in [7, 11) is 1.60. The number of carbonyl (C=O) groups is 1. The number of aromatic nitrogens is 3. The lowest BCUT2D eigenvalue weighted by Crippen LogP contribution is -2.20.